The van der Waals surface area contributed by atoms with Crippen LogP contribution in [0.25, 0.3) is 10.9 Å². The van der Waals surface area contributed by atoms with E-state index < -0.39 is 59.6 Å². The van der Waals surface area contributed by atoms with Gasteiger partial charge in [0.05, 0.1) is 0 Å². The number of aromatic amines is 1. The van der Waals surface area contributed by atoms with Gasteiger partial charge in [-0.15, -0.1) is 0 Å². The maximum Gasteiger partial charge on any atom is 0.408 e. The van der Waals surface area contributed by atoms with E-state index in [1.54, 1.807) is 39.1 Å². The first-order valence-electron chi connectivity index (χ1n) is 22.3. The van der Waals surface area contributed by atoms with E-state index in [-0.39, 0.29) is 37.3 Å². The summed E-state index contributed by atoms with van der Waals surface area (Å²) in [7, 11) is 0. The summed E-state index contributed by atoms with van der Waals surface area (Å²) in [6.07, 6.45) is 7.41. The zero-order valence-electron chi connectivity index (χ0n) is 37.8. The molecule has 4 atom stereocenters. The zero-order chi connectivity index (χ0) is 46.6. The molecule has 3 aromatic carbocycles. The lowest BCUT2D eigenvalue weighted by molar-refractivity contribution is -0.142. The lowest BCUT2D eigenvalue weighted by Gasteiger charge is -2.27. The van der Waals surface area contributed by atoms with Crippen LogP contribution in [0.15, 0.2) is 79.0 Å². The summed E-state index contributed by atoms with van der Waals surface area (Å²) >= 11 is 0. The minimum atomic E-state index is -1.37. The second-order valence-corrected chi connectivity index (χ2v) is 17.4. The highest BCUT2D eigenvalue weighted by atomic mass is 16.6. The van der Waals surface area contributed by atoms with Gasteiger partial charge in [0.2, 0.25) is 23.6 Å². The lowest BCUT2D eigenvalue weighted by Crippen LogP contribution is -2.58. The number of alkyl carbamates (subject to hydrolysis) is 1. The van der Waals surface area contributed by atoms with Crippen LogP contribution in [-0.4, -0.2) is 87.2 Å². The Labute approximate surface area is 375 Å². The summed E-state index contributed by atoms with van der Waals surface area (Å²) in [6.45, 7) is 9.51. The van der Waals surface area contributed by atoms with Gasteiger partial charge < -0.3 is 46.5 Å². The molecule has 0 fully saturated rings. The van der Waals surface area contributed by atoms with Crippen LogP contribution >= 0.6 is 0 Å². The Morgan fingerprint density at radius 2 is 1.25 bits per heavy atom. The Balaban J connectivity index is 1.58. The first kappa shape index (κ1) is 50.3. The van der Waals surface area contributed by atoms with Gasteiger partial charge >= 0.3 is 12.1 Å². The number of unbranched alkanes of at least 4 members (excludes halogenated alkanes) is 5. The number of para-hydroxylation sites is 1. The number of aryl methyl sites for hydroxylation is 1. The Bertz CT molecular complexity index is 2150. The fourth-order valence-corrected chi connectivity index (χ4v) is 7.18. The standard InChI is InChI=1S/C49H66N6O9/c1-6-7-8-9-10-18-43(57)50-27-14-13-17-39(52-46(60)41(55-48(63)64-49(3,4)5)30-35-31-51-38-16-12-11-15-37(35)38)44(58)53-40(28-33-21-19-32(2)20-22-33)45(59)54-42(47(61)62)29-34-23-25-36(56)26-24-34/h11-12,15-16,19-26,31,39-42,51,56H,6-10,13-14,17-18,27-30H2,1-5H3,(H,50,57)(H,52,60)(H,53,58)(H,54,59)(H,55,63)(H,61,62)/t39-,40+,41-,42-/m0/s1. The van der Waals surface area contributed by atoms with Crippen LogP contribution in [-0.2, 0) is 48.0 Å². The monoisotopic (exact) mass is 882 g/mol. The predicted octanol–water partition coefficient (Wildman–Crippen LogP) is 6.29. The summed E-state index contributed by atoms with van der Waals surface area (Å²) in [5.41, 5.74) is 2.93. The van der Waals surface area contributed by atoms with Crippen LogP contribution in [0, 0.1) is 6.92 Å². The van der Waals surface area contributed by atoms with E-state index in [0.717, 1.165) is 54.1 Å². The lowest BCUT2D eigenvalue weighted by atomic mass is 10.0. The third-order valence-electron chi connectivity index (χ3n) is 10.7. The summed E-state index contributed by atoms with van der Waals surface area (Å²) in [5, 5.41) is 34.5. The van der Waals surface area contributed by atoms with E-state index >= 15 is 0 Å². The third-order valence-corrected chi connectivity index (χ3v) is 10.7. The second-order valence-electron chi connectivity index (χ2n) is 17.4. The number of hydrogen-bond donors (Lipinski definition) is 8. The van der Waals surface area contributed by atoms with Crippen molar-refractivity contribution in [1.29, 1.82) is 0 Å². The molecule has 1 heterocycles. The van der Waals surface area contributed by atoms with Crippen LogP contribution in [0.5, 0.6) is 5.75 Å². The molecule has 64 heavy (non-hydrogen) atoms. The van der Waals surface area contributed by atoms with Gasteiger partial charge in [0, 0.05) is 49.3 Å². The highest BCUT2D eigenvalue weighted by molar-refractivity contribution is 5.95. The number of aliphatic carboxylic acids is 1. The minimum absolute atomic E-state index is 0.00205. The molecule has 4 aromatic rings. The van der Waals surface area contributed by atoms with Crippen LogP contribution in [0.3, 0.4) is 0 Å². The van der Waals surface area contributed by atoms with Gasteiger partial charge in [0.15, 0.2) is 0 Å². The smallest absolute Gasteiger partial charge is 0.408 e. The average molecular weight is 883 g/mol. The van der Waals surface area contributed by atoms with Crippen LogP contribution in [0.1, 0.15) is 108 Å². The molecule has 4 rings (SSSR count). The Hall–Kier alpha value is -6.38. The molecule has 0 spiro atoms. The SMILES string of the molecule is CCCCCCCC(=O)NCCCC[C@H](NC(=O)[C@H](Cc1c[nH]c2ccccc12)NC(=O)OC(C)(C)C)C(=O)N[C@H](Cc1ccc(C)cc1)C(=O)N[C@@H](Cc1ccc(O)cc1)C(=O)O. The van der Waals surface area contributed by atoms with Crippen molar-refractivity contribution >= 4 is 46.6 Å². The number of phenols is 1. The predicted molar refractivity (Wildman–Crippen MR) is 246 cm³/mol. The first-order chi connectivity index (χ1) is 30.5. The number of ether oxygens (including phenoxy) is 1. The molecule has 15 heteroatoms. The van der Waals surface area contributed by atoms with Gasteiger partial charge in [0.1, 0.15) is 35.5 Å². The van der Waals surface area contributed by atoms with Crippen molar-refractivity contribution in [3.05, 3.63) is 101 Å². The Kier molecular flexibility index (Phi) is 19.7. The summed E-state index contributed by atoms with van der Waals surface area (Å²) in [6, 6.07) is 15.8. The topological polar surface area (TPSA) is 228 Å². The van der Waals surface area contributed by atoms with Crippen molar-refractivity contribution in [3.8, 4) is 5.75 Å². The molecule has 5 amide bonds. The molecule has 0 bridgehead atoms. The molecule has 346 valence electrons. The highest BCUT2D eigenvalue weighted by Crippen LogP contribution is 2.20. The van der Waals surface area contributed by atoms with Crippen molar-refractivity contribution in [2.24, 2.45) is 0 Å². The summed E-state index contributed by atoms with van der Waals surface area (Å²) < 4.78 is 5.52. The van der Waals surface area contributed by atoms with Crippen molar-refractivity contribution in [3.63, 3.8) is 0 Å². The number of aromatic nitrogens is 1. The van der Waals surface area contributed by atoms with Crippen LogP contribution in [0.2, 0.25) is 0 Å². The number of amides is 5. The molecule has 0 saturated carbocycles. The molecule has 8 N–H and O–H groups in total. The Morgan fingerprint density at radius 1 is 0.672 bits per heavy atom. The molecule has 1 aromatic heterocycles. The number of benzene rings is 3. The van der Waals surface area contributed by atoms with E-state index in [1.807, 2.05) is 55.5 Å². The van der Waals surface area contributed by atoms with Gasteiger partial charge in [-0.25, -0.2) is 9.59 Å². The van der Waals surface area contributed by atoms with Gasteiger partial charge in [-0.2, -0.15) is 0 Å². The number of rotatable bonds is 25. The molecular formula is C49H66N6O9. The van der Waals surface area contributed by atoms with E-state index in [9.17, 15) is 39.0 Å². The maximum atomic E-state index is 14.4. The van der Waals surface area contributed by atoms with Crippen molar-refractivity contribution in [2.45, 2.75) is 141 Å². The van der Waals surface area contributed by atoms with Crippen molar-refractivity contribution < 1.29 is 43.7 Å². The molecule has 0 aliphatic carbocycles. The van der Waals surface area contributed by atoms with E-state index in [2.05, 4.69) is 38.5 Å². The fourth-order valence-electron chi connectivity index (χ4n) is 7.18. The number of phenolic OH excluding ortho intramolecular Hbond substituents is 1. The Morgan fingerprint density at radius 3 is 1.91 bits per heavy atom. The van der Waals surface area contributed by atoms with Crippen LogP contribution < -0.4 is 26.6 Å². The third kappa shape index (κ3) is 17.4. The highest BCUT2D eigenvalue weighted by Gasteiger charge is 2.33. The van der Waals surface area contributed by atoms with Gasteiger partial charge in [0.25, 0.3) is 0 Å². The molecule has 0 saturated heterocycles. The number of H-pyrrole nitrogens is 1. The number of carbonyl (C=O) groups is 6. The number of carbonyl (C=O) groups excluding carboxylic acids is 5. The molecule has 15 nitrogen and oxygen atoms in total. The molecule has 0 radical (unpaired) electrons. The number of fused-ring (bicyclic) bond motifs is 1. The first-order valence-corrected chi connectivity index (χ1v) is 22.3. The second kappa shape index (κ2) is 25.1. The van der Waals surface area contributed by atoms with E-state index in [1.165, 1.54) is 12.1 Å². The zero-order valence-corrected chi connectivity index (χ0v) is 37.8. The normalized spacial score (nSPS) is 13.2. The molecular weight excluding hydrogens is 817 g/mol. The van der Waals surface area contributed by atoms with E-state index in [4.69, 9.17) is 4.74 Å². The summed E-state index contributed by atoms with van der Waals surface area (Å²) in [4.78, 5) is 84.1. The summed E-state index contributed by atoms with van der Waals surface area (Å²) in [5.74, 6) is -3.48. The van der Waals surface area contributed by atoms with Gasteiger partial charge in [-0.05, 0) is 88.3 Å². The van der Waals surface area contributed by atoms with Crippen molar-refractivity contribution in [1.82, 2.24) is 31.6 Å². The van der Waals surface area contributed by atoms with E-state index in [0.29, 0.717) is 36.9 Å². The maximum absolute atomic E-state index is 14.4. The number of hydrogen-bond acceptors (Lipinski definition) is 8. The quantitative estimate of drug-likeness (QED) is 0.0350. The largest absolute Gasteiger partial charge is 0.508 e. The molecule has 0 aliphatic heterocycles. The number of carboxylic acids is 1. The van der Waals surface area contributed by atoms with Crippen molar-refractivity contribution in [2.75, 3.05) is 6.54 Å². The van der Waals surface area contributed by atoms with Gasteiger partial charge in [-0.3, -0.25) is 19.2 Å². The van der Waals surface area contributed by atoms with Crippen LogP contribution in [0.4, 0.5) is 4.79 Å². The fraction of sp³-hybridized carbons (Fsp3) is 0.469. The average Bonchev–Trinajstić information content (AvgIpc) is 3.65. The number of aromatic hydroxyl groups is 1. The number of nitrogens with one attached hydrogen (secondary N) is 6. The minimum Gasteiger partial charge on any atom is -0.508 e. The number of carboxylic acid groups (broad SMARTS) is 1. The van der Waals surface area contributed by atoms with Gasteiger partial charge in [-0.1, -0.05) is 92.8 Å². The molecule has 0 unspecified atom stereocenters. The molecule has 0 aliphatic rings.